The Morgan fingerprint density at radius 2 is 2.35 bits per heavy atom. The molecule has 0 aliphatic carbocycles. The molecule has 0 radical (unpaired) electrons. The summed E-state index contributed by atoms with van der Waals surface area (Å²) >= 11 is 0. The van der Waals surface area contributed by atoms with Gasteiger partial charge in [-0.25, -0.2) is 14.2 Å². The third kappa shape index (κ3) is 2.18. The van der Waals surface area contributed by atoms with Gasteiger partial charge in [-0.2, -0.15) is 0 Å². The number of carboxylic acids is 1. The fourth-order valence-corrected chi connectivity index (χ4v) is 1.73. The smallest absolute Gasteiger partial charge is 0.328 e. The molecule has 2 rings (SSSR count). The molecule has 88 valence electrons. The number of aromatic nitrogens is 2. The Morgan fingerprint density at radius 3 is 3.00 bits per heavy atom. The van der Waals surface area contributed by atoms with Crippen LogP contribution < -0.4 is 0 Å². The van der Waals surface area contributed by atoms with Crippen molar-refractivity contribution in [2.45, 2.75) is 13.5 Å². The van der Waals surface area contributed by atoms with E-state index < -0.39 is 5.97 Å². The molecule has 0 fully saturated rings. The third-order valence-corrected chi connectivity index (χ3v) is 2.43. The van der Waals surface area contributed by atoms with Crippen LogP contribution in [0.3, 0.4) is 0 Å². The maximum Gasteiger partial charge on any atom is 0.328 e. The van der Waals surface area contributed by atoms with Gasteiger partial charge in [-0.1, -0.05) is 0 Å². The first kappa shape index (κ1) is 11.3. The van der Waals surface area contributed by atoms with Gasteiger partial charge in [0.25, 0.3) is 0 Å². The van der Waals surface area contributed by atoms with E-state index in [9.17, 15) is 9.18 Å². The monoisotopic (exact) mass is 234 g/mol. The highest BCUT2D eigenvalue weighted by Crippen LogP contribution is 2.18. The van der Waals surface area contributed by atoms with Crippen molar-refractivity contribution in [1.29, 1.82) is 0 Å². The Balaban J connectivity index is 2.59. The third-order valence-electron chi connectivity index (χ3n) is 2.43. The number of carboxylic acid groups (broad SMARTS) is 1. The van der Waals surface area contributed by atoms with E-state index >= 15 is 0 Å². The molecule has 0 atom stereocenters. The molecule has 1 aromatic carbocycles. The largest absolute Gasteiger partial charge is 0.478 e. The van der Waals surface area contributed by atoms with Crippen LogP contribution in [0.2, 0.25) is 0 Å². The van der Waals surface area contributed by atoms with Gasteiger partial charge >= 0.3 is 5.97 Å². The van der Waals surface area contributed by atoms with Gasteiger partial charge in [0, 0.05) is 18.7 Å². The summed E-state index contributed by atoms with van der Waals surface area (Å²) < 4.78 is 14.9. The van der Waals surface area contributed by atoms with Gasteiger partial charge in [0.05, 0.1) is 11.0 Å². The fourth-order valence-electron chi connectivity index (χ4n) is 1.73. The number of halogens is 1. The number of fused-ring (bicyclic) bond motifs is 1. The summed E-state index contributed by atoms with van der Waals surface area (Å²) in [5.74, 6) is -0.881. The van der Waals surface area contributed by atoms with Gasteiger partial charge in [-0.05, 0) is 25.1 Å². The standard InChI is InChI=1S/C12H11FN2O2/c1-2-15-10-4-3-8(13)7-9(10)14-11(15)5-6-12(16)17/h3-7H,2H2,1H3,(H,16,17)/b6-5+. The molecule has 4 nitrogen and oxygen atoms in total. The summed E-state index contributed by atoms with van der Waals surface area (Å²) in [7, 11) is 0. The number of hydrogen-bond donors (Lipinski definition) is 1. The van der Waals surface area contributed by atoms with Gasteiger partial charge < -0.3 is 9.67 Å². The van der Waals surface area contributed by atoms with Crippen LogP contribution in [0.4, 0.5) is 4.39 Å². The molecule has 0 aliphatic heterocycles. The van der Waals surface area contributed by atoms with Crippen molar-refractivity contribution in [2.24, 2.45) is 0 Å². The summed E-state index contributed by atoms with van der Waals surface area (Å²) in [6.45, 7) is 2.56. The van der Waals surface area contributed by atoms with Crippen molar-refractivity contribution in [2.75, 3.05) is 0 Å². The molecule has 0 amide bonds. The summed E-state index contributed by atoms with van der Waals surface area (Å²) in [5.41, 5.74) is 1.32. The van der Waals surface area contributed by atoms with Crippen LogP contribution >= 0.6 is 0 Å². The molecule has 0 saturated carbocycles. The van der Waals surface area contributed by atoms with Gasteiger partial charge in [0.15, 0.2) is 0 Å². The predicted octanol–water partition coefficient (Wildman–Crippen LogP) is 2.29. The van der Waals surface area contributed by atoms with Crippen molar-refractivity contribution >= 4 is 23.1 Å². The molecule has 0 saturated heterocycles. The second-order valence-corrected chi connectivity index (χ2v) is 3.52. The molecule has 0 spiro atoms. The molecule has 1 aromatic heterocycles. The van der Waals surface area contributed by atoms with Crippen molar-refractivity contribution in [3.63, 3.8) is 0 Å². The van der Waals surface area contributed by atoms with Crippen molar-refractivity contribution in [3.05, 3.63) is 35.9 Å². The number of hydrogen-bond acceptors (Lipinski definition) is 2. The number of nitrogens with zero attached hydrogens (tertiary/aromatic N) is 2. The highest BCUT2D eigenvalue weighted by Gasteiger charge is 2.08. The average molecular weight is 234 g/mol. The van der Waals surface area contributed by atoms with Crippen molar-refractivity contribution < 1.29 is 14.3 Å². The van der Waals surface area contributed by atoms with Gasteiger partial charge in [0.2, 0.25) is 0 Å². The van der Waals surface area contributed by atoms with Crippen LogP contribution in [0.25, 0.3) is 17.1 Å². The van der Waals surface area contributed by atoms with E-state index in [2.05, 4.69) is 4.98 Å². The first-order valence-electron chi connectivity index (χ1n) is 5.18. The minimum Gasteiger partial charge on any atom is -0.478 e. The zero-order valence-corrected chi connectivity index (χ0v) is 9.22. The molecule has 0 unspecified atom stereocenters. The predicted molar refractivity (Wildman–Crippen MR) is 62.0 cm³/mol. The number of aliphatic carboxylic acids is 1. The minimum absolute atomic E-state index is 0.355. The van der Waals surface area contributed by atoms with Crippen LogP contribution in [0.15, 0.2) is 24.3 Å². The normalized spacial score (nSPS) is 11.4. The number of carbonyl (C=O) groups is 1. The Kier molecular flexibility index (Phi) is 2.91. The Morgan fingerprint density at radius 1 is 1.59 bits per heavy atom. The lowest BCUT2D eigenvalue weighted by atomic mass is 10.3. The second-order valence-electron chi connectivity index (χ2n) is 3.52. The van der Waals surface area contributed by atoms with Crippen molar-refractivity contribution in [1.82, 2.24) is 9.55 Å². The Hall–Kier alpha value is -2.17. The topological polar surface area (TPSA) is 55.1 Å². The molecule has 2 aromatic rings. The molecular weight excluding hydrogens is 223 g/mol. The first-order valence-corrected chi connectivity index (χ1v) is 5.18. The van der Waals surface area contributed by atoms with Crippen LogP contribution in [0, 0.1) is 5.82 Å². The fraction of sp³-hybridized carbons (Fsp3) is 0.167. The van der Waals surface area contributed by atoms with Gasteiger partial charge in [0.1, 0.15) is 11.6 Å². The van der Waals surface area contributed by atoms with Gasteiger partial charge in [-0.3, -0.25) is 0 Å². The maximum absolute atomic E-state index is 13.0. The Labute approximate surface area is 97.0 Å². The molecule has 5 heteroatoms. The molecule has 0 aliphatic rings. The van der Waals surface area contributed by atoms with E-state index in [1.165, 1.54) is 18.2 Å². The number of benzene rings is 1. The highest BCUT2D eigenvalue weighted by molar-refractivity contribution is 5.86. The van der Waals surface area contributed by atoms with Crippen LogP contribution in [-0.4, -0.2) is 20.6 Å². The maximum atomic E-state index is 13.0. The lowest BCUT2D eigenvalue weighted by Gasteiger charge is -2.01. The quantitative estimate of drug-likeness (QED) is 0.829. The zero-order valence-electron chi connectivity index (χ0n) is 9.22. The molecule has 1 N–H and O–H groups in total. The number of rotatable bonds is 3. The summed E-state index contributed by atoms with van der Waals surface area (Å²) in [6.07, 6.45) is 2.42. The SMILES string of the molecule is CCn1c(/C=C/C(=O)O)nc2cc(F)ccc21. The zero-order chi connectivity index (χ0) is 12.4. The van der Waals surface area contributed by atoms with E-state index in [4.69, 9.17) is 5.11 Å². The van der Waals surface area contributed by atoms with Crippen LogP contribution in [0.5, 0.6) is 0 Å². The van der Waals surface area contributed by atoms with Gasteiger partial charge in [-0.15, -0.1) is 0 Å². The molecule has 17 heavy (non-hydrogen) atoms. The van der Waals surface area contributed by atoms with Crippen molar-refractivity contribution in [3.8, 4) is 0 Å². The molecule has 0 bridgehead atoms. The highest BCUT2D eigenvalue weighted by atomic mass is 19.1. The number of imidazole rings is 1. The van der Waals surface area contributed by atoms with E-state index in [0.717, 1.165) is 11.6 Å². The van der Waals surface area contributed by atoms with E-state index in [1.807, 2.05) is 11.5 Å². The van der Waals surface area contributed by atoms with Crippen LogP contribution in [-0.2, 0) is 11.3 Å². The van der Waals surface area contributed by atoms with E-state index in [0.29, 0.717) is 17.9 Å². The molecular formula is C12H11FN2O2. The summed E-state index contributed by atoms with van der Waals surface area (Å²) in [5, 5.41) is 8.57. The summed E-state index contributed by atoms with van der Waals surface area (Å²) in [4.78, 5) is 14.6. The van der Waals surface area contributed by atoms with E-state index in [1.54, 1.807) is 6.07 Å². The van der Waals surface area contributed by atoms with Crippen LogP contribution in [0.1, 0.15) is 12.7 Å². The number of aryl methyl sites for hydroxylation is 1. The minimum atomic E-state index is -1.04. The average Bonchev–Trinajstić information content (AvgIpc) is 2.62. The summed E-state index contributed by atoms with van der Waals surface area (Å²) in [6, 6.07) is 4.33. The lowest BCUT2D eigenvalue weighted by molar-refractivity contribution is -0.131. The Bertz CT molecular complexity index is 602. The second kappa shape index (κ2) is 4.37. The first-order chi connectivity index (χ1) is 8.11. The lowest BCUT2D eigenvalue weighted by Crippen LogP contribution is -1.97. The molecule has 1 heterocycles. The van der Waals surface area contributed by atoms with E-state index in [-0.39, 0.29) is 5.82 Å².